The van der Waals surface area contributed by atoms with E-state index in [-0.39, 0.29) is 16.8 Å². The molecule has 1 aliphatic rings. The van der Waals surface area contributed by atoms with Crippen molar-refractivity contribution in [3.8, 4) is 5.75 Å². The molecule has 156 valence electrons. The standard InChI is InChI=1S/C23H23BrN2O3S/c1-5-15(4)29-20-9-8-16(12-18(20)24)11-17-21(27)25-23(30)26(22(17)28)19-10-13(2)6-7-14(19)3/h6-12,15H,5H2,1-4H3,(H,25,27,30)/b17-11+/t15-/m0/s1. The molecule has 5 nitrogen and oxygen atoms in total. The summed E-state index contributed by atoms with van der Waals surface area (Å²) in [6, 6.07) is 11.2. The van der Waals surface area contributed by atoms with Crippen LogP contribution < -0.4 is 15.0 Å². The first kappa shape index (κ1) is 22.2. The van der Waals surface area contributed by atoms with Gasteiger partial charge in [0.25, 0.3) is 11.8 Å². The monoisotopic (exact) mass is 486 g/mol. The predicted octanol–water partition coefficient (Wildman–Crippen LogP) is 5.07. The van der Waals surface area contributed by atoms with E-state index in [1.807, 2.05) is 57.2 Å². The lowest BCUT2D eigenvalue weighted by molar-refractivity contribution is -0.122. The number of anilines is 1. The van der Waals surface area contributed by atoms with Crippen molar-refractivity contribution < 1.29 is 14.3 Å². The van der Waals surface area contributed by atoms with E-state index in [4.69, 9.17) is 17.0 Å². The number of hydrogen-bond donors (Lipinski definition) is 1. The van der Waals surface area contributed by atoms with Crippen molar-refractivity contribution in [3.63, 3.8) is 0 Å². The van der Waals surface area contributed by atoms with Crippen molar-refractivity contribution in [2.24, 2.45) is 0 Å². The van der Waals surface area contributed by atoms with Crippen molar-refractivity contribution in [1.82, 2.24) is 5.32 Å². The Morgan fingerprint density at radius 1 is 1.20 bits per heavy atom. The van der Waals surface area contributed by atoms with Crippen molar-refractivity contribution in [3.05, 3.63) is 63.1 Å². The summed E-state index contributed by atoms with van der Waals surface area (Å²) in [6.07, 6.45) is 2.54. The summed E-state index contributed by atoms with van der Waals surface area (Å²) < 4.78 is 6.61. The van der Waals surface area contributed by atoms with E-state index in [1.165, 1.54) is 4.90 Å². The van der Waals surface area contributed by atoms with Crippen LogP contribution in [-0.4, -0.2) is 23.0 Å². The van der Waals surface area contributed by atoms with Crippen molar-refractivity contribution >= 4 is 56.8 Å². The highest BCUT2D eigenvalue weighted by molar-refractivity contribution is 9.10. The summed E-state index contributed by atoms with van der Waals surface area (Å²) in [7, 11) is 0. The minimum absolute atomic E-state index is 0.0204. The number of benzene rings is 2. The lowest BCUT2D eigenvalue weighted by atomic mass is 10.0. The first-order valence-corrected chi connectivity index (χ1v) is 10.9. The van der Waals surface area contributed by atoms with Crippen LogP contribution in [0.15, 0.2) is 46.4 Å². The van der Waals surface area contributed by atoms with Gasteiger partial charge < -0.3 is 4.74 Å². The molecule has 2 amide bonds. The molecule has 1 fully saturated rings. The summed E-state index contributed by atoms with van der Waals surface area (Å²) in [5.41, 5.74) is 3.27. The summed E-state index contributed by atoms with van der Waals surface area (Å²) in [5.74, 6) is -0.250. The van der Waals surface area contributed by atoms with E-state index in [0.717, 1.165) is 22.0 Å². The van der Waals surface area contributed by atoms with Gasteiger partial charge in [0.05, 0.1) is 16.3 Å². The van der Waals surface area contributed by atoms with Crippen LogP contribution in [0.1, 0.15) is 37.0 Å². The van der Waals surface area contributed by atoms with E-state index in [0.29, 0.717) is 17.0 Å². The lowest BCUT2D eigenvalue weighted by Crippen LogP contribution is -2.54. The Hall–Kier alpha value is -2.51. The van der Waals surface area contributed by atoms with E-state index < -0.39 is 11.8 Å². The average Bonchev–Trinajstić information content (AvgIpc) is 2.69. The van der Waals surface area contributed by atoms with Crippen LogP contribution >= 0.6 is 28.1 Å². The number of nitrogens with one attached hydrogen (secondary N) is 1. The quantitative estimate of drug-likeness (QED) is 0.363. The minimum atomic E-state index is -0.511. The highest BCUT2D eigenvalue weighted by Gasteiger charge is 2.35. The van der Waals surface area contributed by atoms with Crippen molar-refractivity contribution in [1.29, 1.82) is 0 Å². The van der Waals surface area contributed by atoms with Crippen LogP contribution in [0.5, 0.6) is 5.75 Å². The molecule has 1 N–H and O–H groups in total. The fourth-order valence-electron chi connectivity index (χ4n) is 3.01. The van der Waals surface area contributed by atoms with Gasteiger partial charge in [0.2, 0.25) is 0 Å². The van der Waals surface area contributed by atoms with E-state index >= 15 is 0 Å². The Morgan fingerprint density at radius 3 is 2.60 bits per heavy atom. The van der Waals surface area contributed by atoms with E-state index in [2.05, 4.69) is 28.2 Å². The number of hydrogen-bond acceptors (Lipinski definition) is 4. The maximum absolute atomic E-state index is 13.2. The first-order chi connectivity index (χ1) is 14.2. The van der Waals surface area contributed by atoms with Crippen LogP contribution in [0.3, 0.4) is 0 Å². The molecule has 2 aromatic carbocycles. The predicted molar refractivity (Wildman–Crippen MR) is 127 cm³/mol. The smallest absolute Gasteiger partial charge is 0.270 e. The van der Waals surface area contributed by atoms with Gasteiger partial charge in [-0.1, -0.05) is 25.1 Å². The second-order valence-corrected chi connectivity index (χ2v) is 8.52. The highest BCUT2D eigenvalue weighted by atomic mass is 79.9. The van der Waals surface area contributed by atoms with Crippen LogP contribution in [-0.2, 0) is 9.59 Å². The number of carbonyl (C=O) groups excluding carboxylic acids is 2. The van der Waals surface area contributed by atoms with Gasteiger partial charge in [-0.15, -0.1) is 0 Å². The van der Waals surface area contributed by atoms with Crippen LogP contribution in [0.25, 0.3) is 6.08 Å². The van der Waals surface area contributed by atoms with Gasteiger partial charge in [0, 0.05) is 0 Å². The number of nitrogens with zero attached hydrogens (tertiary/aromatic N) is 1. The molecule has 3 rings (SSSR count). The summed E-state index contributed by atoms with van der Waals surface area (Å²) in [6.45, 7) is 7.89. The largest absolute Gasteiger partial charge is 0.490 e. The SMILES string of the molecule is CC[C@H](C)Oc1ccc(/C=C2\C(=O)NC(=S)N(c3cc(C)ccc3C)C2=O)cc1Br. The van der Waals surface area contributed by atoms with Crippen LogP contribution in [0.2, 0.25) is 0 Å². The Morgan fingerprint density at radius 2 is 1.93 bits per heavy atom. The molecule has 1 aliphatic heterocycles. The molecular formula is C23H23BrN2O3S. The molecule has 0 aliphatic carbocycles. The number of amides is 2. The fourth-order valence-corrected chi connectivity index (χ4v) is 3.77. The van der Waals surface area contributed by atoms with Gasteiger partial charge >= 0.3 is 0 Å². The van der Waals surface area contributed by atoms with Crippen LogP contribution in [0.4, 0.5) is 5.69 Å². The zero-order valence-electron chi connectivity index (χ0n) is 17.3. The number of halogens is 1. The van der Waals surface area contributed by atoms with Gasteiger partial charge in [-0.05, 0) is 96.3 Å². The number of thiocarbonyl (C=S) groups is 1. The molecule has 0 radical (unpaired) electrons. The molecule has 30 heavy (non-hydrogen) atoms. The van der Waals surface area contributed by atoms with Gasteiger partial charge in [-0.3, -0.25) is 19.8 Å². The van der Waals surface area contributed by atoms with Gasteiger partial charge in [-0.25, -0.2) is 0 Å². The Kier molecular flexibility index (Phi) is 6.73. The van der Waals surface area contributed by atoms with Crippen molar-refractivity contribution in [2.75, 3.05) is 4.90 Å². The fraction of sp³-hybridized carbons (Fsp3) is 0.261. The third kappa shape index (κ3) is 4.63. The van der Waals surface area contributed by atoms with E-state index in [1.54, 1.807) is 6.08 Å². The number of rotatable bonds is 5. The third-order valence-electron chi connectivity index (χ3n) is 4.88. The van der Waals surface area contributed by atoms with Crippen LogP contribution in [0, 0.1) is 13.8 Å². The molecule has 0 unspecified atom stereocenters. The Balaban J connectivity index is 1.97. The molecule has 1 atom stereocenters. The summed E-state index contributed by atoms with van der Waals surface area (Å²) >= 11 is 8.80. The molecule has 0 bridgehead atoms. The second kappa shape index (κ2) is 9.10. The topological polar surface area (TPSA) is 58.6 Å². The first-order valence-electron chi connectivity index (χ1n) is 9.66. The average molecular weight is 487 g/mol. The molecular weight excluding hydrogens is 464 g/mol. The zero-order chi connectivity index (χ0) is 22.0. The summed E-state index contributed by atoms with van der Waals surface area (Å²) in [4.78, 5) is 27.1. The minimum Gasteiger partial charge on any atom is -0.490 e. The van der Waals surface area contributed by atoms with Gasteiger partial charge in [0.1, 0.15) is 11.3 Å². The molecule has 2 aromatic rings. The molecule has 0 aromatic heterocycles. The van der Waals surface area contributed by atoms with Crippen molar-refractivity contribution in [2.45, 2.75) is 40.2 Å². The number of carbonyl (C=O) groups is 2. The Labute approximate surface area is 190 Å². The molecule has 1 heterocycles. The van der Waals surface area contributed by atoms with Gasteiger partial charge in [0.15, 0.2) is 5.11 Å². The Bertz CT molecular complexity index is 1060. The zero-order valence-corrected chi connectivity index (χ0v) is 19.7. The molecule has 1 saturated heterocycles. The second-order valence-electron chi connectivity index (χ2n) is 7.27. The van der Waals surface area contributed by atoms with E-state index in [9.17, 15) is 9.59 Å². The molecule has 7 heteroatoms. The maximum atomic E-state index is 13.2. The normalized spacial score (nSPS) is 16.6. The number of ether oxygens (including phenoxy) is 1. The maximum Gasteiger partial charge on any atom is 0.270 e. The lowest BCUT2D eigenvalue weighted by Gasteiger charge is -2.30. The molecule has 0 spiro atoms. The summed E-state index contributed by atoms with van der Waals surface area (Å²) in [5, 5.41) is 2.71. The molecule has 0 saturated carbocycles. The number of aryl methyl sites for hydroxylation is 2. The van der Waals surface area contributed by atoms with Gasteiger partial charge in [-0.2, -0.15) is 0 Å². The highest BCUT2D eigenvalue weighted by Crippen LogP contribution is 2.30. The third-order valence-corrected chi connectivity index (χ3v) is 5.78.